The van der Waals surface area contributed by atoms with Crippen molar-refractivity contribution in [1.29, 1.82) is 0 Å². The Balaban J connectivity index is 1.63. The van der Waals surface area contributed by atoms with Gasteiger partial charge in [-0.2, -0.15) is 0 Å². The molecule has 0 aliphatic carbocycles. The molecule has 108 valence electrons. The zero-order valence-electron chi connectivity index (χ0n) is 12.0. The van der Waals surface area contributed by atoms with E-state index in [0.717, 1.165) is 13.1 Å². The minimum atomic E-state index is 0.547. The van der Waals surface area contributed by atoms with Crippen molar-refractivity contribution in [2.24, 2.45) is 5.41 Å². The summed E-state index contributed by atoms with van der Waals surface area (Å²) in [6.45, 7) is 10.6. The fourth-order valence-electron chi connectivity index (χ4n) is 2.60. The highest BCUT2D eigenvalue weighted by atomic mass is 79.9. The van der Waals surface area contributed by atoms with Crippen LogP contribution in [0.1, 0.15) is 38.0 Å². The van der Waals surface area contributed by atoms with Gasteiger partial charge < -0.3 is 10.2 Å². The Hall–Kier alpha value is 0.1000. The van der Waals surface area contributed by atoms with Crippen molar-refractivity contribution in [1.82, 2.24) is 10.2 Å². The monoisotopic (exact) mass is 344 g/mol. The minimum Gasteiger partial charge on any atom is -0.311 e. The third-order valence-electron chi connectivity index (χ3n) is 3.96. The van der Waals surface area contributed by atoms with Crippen LogP contribution in [0.25, 0.3) is 0 Å². The molecule has 0 aromatic carbocycles. The minimum absolute atomic E-state index is 0.547. The summed E-state index contributed by atoms with van der Waals surface area (Å²) < 4.78 is 1.20. The van der Waals surface area contributed by atoms with Crippen molar-refractivity contribution < 1.29 is 0 Å². The highest BCUT2D eigenvalue weighted by Gasteiger charge is 2.22. The molecule has 19 heavy (non-hydrogen) atoms. The lowest BCUT2D eigenvalue weighted by Crippen LogP contribution is -2.33. The maximum Gasteiger partial charge on any atom is 0.0300 e. The summed E-state index contributed by atoms with van der Waals surface area (Å²) >= 11 is 5.31. The van der Waals surface area contributed by atoms with E-state index < -0.39 is 0 Å². The average molecular weight is 345 g/mol. The maximum atomic E-state index is 3.55. The van der Waals surface area contributed by atoms with Gasteiger partial charge >= 0.3 is 0 Å². The molecule has 2 rings (SSSR count). The van der Waals surface area contributed by atoms with E-state index >= 15 is 0 Å². The first-order valence-corrected chi connectivity index (χ1v) is 8.88. The molecule has 0 bridgehead atoms. The lowest BCUT2D eigenvalue weighted by Gasteiger charge is -2.23. The van der Waals surface area contributed by atoms with Gasteiger partial charge in [-0.25, -0.2) is 0 Å². The van der Waals surface area contributed by atoms with Crippen molar-refractivity contribution in [2.75, 3.05) is 26.2 Å². The molecule has 1 aromatic rings. The van der Waals surface area contributed by atoms with E-state index in [2.05, 4.69) is 51.4 Å². The van der Waals surface area contributed by atoms with Crippen LogP contribution in [0.15, 0.2) is 15.9 Å². The third-order valence-corrected chi connectivity index (χ3v) is 5.66. The van der Waals surface area contributed by atoms with Crippen LogP contribution in [0, 0.1) is 5.41 Å². The van der Waals surface area contributed by atoms with Gasteiger partial charge in [0, 0.05) is 34.4 Å². The van der Waals surface area contributed by atoms with Gasteiger partial charge in [0.2, 0.25) is 0 Å². The van der Waals surface area contributed by atoms with E-state index in [9.17, 15) is 0 Å². The highest BCUT2D eigenvalue weighted by Crippen LogP contribution is 2.29. The molecule has 4 heteroatoms. The summed E-state index contributed by atoms with van der Waals surface area (Å²) in [4.78, 5) is 4.02. The molecule has 2 nitrogen and oxygen atoms in total. The van der Waals surface area contributed by atoms with Crippen molar-refractivity contribution in [3.63, 3.8) is 0 Å². The number of nitrogens with one attached hydrogen (secondary N) is 1. The molecule has 0 spiro atoms. The Morgan fingerprint density at radius 3 is 2.95 bits per heavy atom. The Morgan fingerprint density at radius 1 is 1.37 bits per heavy atom. The molecule has 0 unspecified atom stereocenters. The van der Waals surface area contributed by atoms with Crippen LogP contribution in [-0.4, -0.2) is 31.1 Å². The van der Waals surface area contributed by atoms with Gasteiger partial charge in [0.15, 0.2) is 0 Å². The molecule has 0 radical (unpaired) electrons. The van der Waals surface area contributed by atoms with E-state index in [1.165, 1.54) is 48.2 Å². The number of likely N-dealkylation sites (tertiary alicyclic amines) is 1. The van der Waals surface area contributed by atoms with Crippen molar-refractivity contribution >= 4 is 27.3 Å². The second kappa shape index (κ2) is 7.21. The van der Waals surface area contributed by atoms with Crippen LogP contribution in [-0.2, 0) is 6.54 Å². The first kappa shape index (κ1) is 15.5. The molecule has 0 amide bonds. The van der Waals surface area contributed by atoms with Gasteiger partial charge in [-0.15, -0.1) is 11.3 Å². The van der Waals surface area contributed by atoms with Gasteiger partial charge in [-0.1, -0.05) is 13.8 Å². The fourth-order valence-corrected chi connectivity index (χ4v) is 4.02. The number of rotatable bonds is 5. The first-order chi connectivity index (χ1) is 9.05. The van der Waals surface area contributed by atoms with E-state index in [1.54, 1.807) is 0 Å². The average Bonchev–Trinajstić information content (AvgIpc) is 2.68. The molecule has 0 atom stereocenters. The Bertz CT molecular complexity index is 389. The molecular formula is C15H25BrN2S. The Kier molecular flexibility index (Phi) is 5.87. The van der Waals surface area contributed by atoms with Crippen LogP contribution in [0.2, 0.25) is 0 Å². The van der Waals surface area contributed by atoms with Gasteiger partial charge in [0.25, 0.3) is 0 Å². The van der Waals surface area contributed by atoms with Crippen LogP contribution in [0.4, 0.5) is 0 Å². The quantitative estimate of drug-likeness (QED) is 0.808. The van der Waals surface area contributed by atoms with E-state index in [-0.39, 0.29) is 0 Å². The molecular weight excluding hydrogens is 320 g/mol. The van der Waals surface area contributed by atoms with E-state index in [1.807, 2.05) is 11.3 Å². The molecule has 2 heterocycles. The standard InChI is InChI=1S/C15H25BrN2S/c1-15(2)4-3-7-18(8-5-15)9-6-17-11-14-10-13(16)12-19-14/h10,12,17H,3-9,11H2,1-2H3. The topological polar surface area (TPSA) is 15.3 Å². The van der Waals surface area contributed by atoms with Crippen LogP contribution < -0.4 is 5.32 Å². The van der Waals surface area contributed by atoms with Crippen LogP contribution in [0.3, 0.4) is 0 Å². The number of thiophene rings is 1. The number of hydrogen-bond acceptors (Lipinski definition) is 3. The maximum absolute atomic E-state index is 3.55. The zero-order chi connectivity index (χ0) is 13.7. The largest absolute Gasteiger partial charge is 0.311 e. The number of hydrogen-bond donors (Lipinski definition) is 1. The lowest BCUT2D eigenvalue weighted by molar-refractivity contribution is 0.262. The Morgan fingerprint density at radius 2 is 2.21 bits per heavy atom. The van der Waals surface area contributed by atoms with Gasteiger partial charge in [-0.3, -0.25) is 0 Å². The summed E-state index contributed by atoms with van der Waals surface area (Å²) in [6, 6.07) is 2.20. The van der Waals surface area contributed by atoms with Crippen molar-refractivity contribution in [3.05, 3.63) is 20.8 Å². The summed E-state index contributed by atoms with van der Waals surface area (Å²) in [5.74, 6) is 0. The van der Waals surface area contributed by atoms with Gasteiger partial charge in [0.1, 0.15) is 0 Å². The lowest BCUT2D eigenvalue weighted by atomic mass is 9.85. The summed E-state index contributed by atoms with van der Waals surface area (Å²) in [5, 5.41) is 5.70. The fraction of sp³-hybridized carbons (Fsp3) is 0.733. The number of halogens is 1. The summed E-state index contributed by atoms with van der Waals surface area (Å²) in [7, 11) is 0. The van der Waals surface area contributed by atoms with Crippen molar-refractivity contribution in [2.45, 2.75) is 39.7 Å². The van der Waals surface area contributed by atoms with Crippen LogP contribution in [0.5, 0.6) is 0 Å². The smallest absolute Gasteiger partial charge is 0.0300 e. The van der Waals surface area contributed by atoms with Gasteiger partial charge in [-0.05, 0) is 59.8 Å². The summed E-state index contributed by atoms with van der Waals surface area (Å²) in [6.07, 6.45) is 4.07. The molecule has 0 saturated carbocycles. The second-order valence-corrected chi connectivity index (χ2v) is 8.18. The van der Waals surface area contributed by atoms with Crippen molar-refractivity contribution in [3.8, 4) is 0 Å². The summed E-state index contributed by atoms with van der Waals surface area (Å²) in [5.41, 5.74) is 0.547. The third kappa shape index (κ3) is 5.54. The Labute approximate surface area is 129 Å². The van der Waals surface area contributed by atoms with E-state index in [0.29, 0.717) is 5.41 Å². The molecule has 1 aromatic heterocycles. The highest BCUT2D eigenvalue weighted by molar-refractivity contribution is 9.10. The first-order valence-electron chi connectivity index (χ1n) is 7.21. The molecule has 1 N–H and O–H groups in total. The van der Waals surface area contributed by atoms with E-state index in [4.69, 9.17) is 0 Å². The van der Waals surface area contributed by atoms with Gasteiger partial charge in [0.05, 0.1) is 0 Å². The predicted octanol–water partition coefficient (Wildman–Crippen LogP) is 4.11. The SMILES string of the molecule is CC1(C)CCCN(CCNCc2cc(Br)cs2)CC1. The molecule has 1 aliphatic rings. The predicted molar refractivity (Wildman–Crippen MR) is 87.8 cm³/mol. The molecule has 1 fully saturated rings. The van der Waals surface area contributed by atoms with Crippen LogP contribution >= 0.6 is 27.3 Å². The molecule has 1 aliphatic heterocycles. The molecule has 1 saturated heterocycles. The normalized spacial score (nSPS) is 20.4. The second-order valence-electron chi connectivity index (χ2n) is 6.27. The number of nitrogens with zero attached hydrogens (tertiary/aromatic N) is 1. The zero-order valence-corrected chi connectivity index (χ0v) is 14.4.